The zero-order chi connectivity index (χ0) is 10.8. The van der Waals surface area contributed by atoms with E-state index in [4.69, 9.17) is 0 Å². The molecule has 0 aromatic carbocycles. The van der Waals surface area contributed by atoms with Gasteiger partial charge in [-0.05, 0) is 33.4 Å². The largest absolute Gasteiger partial charge is 0.359 e. The zero-order valence-corrected chi connectivity index (χ0v) is 9.82. The highest BCUT2D eigenvalue weighted by Crippen LogP contribution is 2.24. The lowest BCUT2D eigenvalue weighted by Crippen LogP contribution is -2.33. The molecule has 1 aliphatic rings. The number of hydrogen-bond donors (Lipinski definition) is 1. The first-order valence-electron chi connectivity index (χ1n) is 5.62. The second-order valence-electron chi connectivity index (χ2n) is 4.42. The number of imidazole rings is 1. The van der Waals surface area contributed by atoms with Crippen molar-refractivity contribution in [2.45, 2.75) is 25.8 Å². The van der Waals surface area contributed by atoms with Crippen LogP contribution in [0.25, 0.3) is 0 Å². The first-order chi connectivity index (χ1) is 7.20. The van der Waals surface area contributed by atoms with E-state index in [1.807, 2.05) is 14.0 Å². The lowest BCUT2D eigenvalue weighted by atomic mass is 10.1. The van der Waals surface area contributed by atoms with E-state index in [1.165, 1.54) is 19.4 Å². The highest BCUT2D eigenvalue weighted by Gasteiger charge is 2.20. The maximum atomic E-state index is 4.46. The van der Waals surface area contributed by atoms with Crippen molar-refractivity contribution in [3.63, 3.8) is 0 Å². The van der Waals surface area contributed by atoms with Crippen LogP contribution in [0.5, 0.6) is 0 Å². The third kappa shape index (κ3) is 2.15. The molecule has 1 aliphatic heterocycles. The van der Waals surface area contributed by atoms with Gasteiger partial charge >= 0.3 is 0 Å². The van der Waals surface area contributed by atoms with Crippen molar-refractivity contribution in [2.75, 3.05) is 32.5 Å². The molecule has 2 rings (SSSR count). The van der Waals surface area contributed by atoms with Crippen LogP contribution in [0.1, 0.15) is 24.6 Å². The quantitative estimate of drug-likeness (QED) is 0.799. The highest BCUT2D eigenvalue weighted by molar-refractivity contribution is 5.28. The molecule has 1 fully saturated rings. The predicted octanol–water partition coefficient (Wildman–Crippen LogP) is 1.50. The molecule has 1 N–H and O–H groups in total. The molecule has 1 saturated heterocycles. The Kier molecular flexibility index (Phi) is 2.95. The van der Waals surface area contributed by atoms with Gasteiger partial charge in [0, 0.05) is 25.8 Å². The fraction of sp³-hybridized carbons (Fsp3) is 0.727. The Balaban J connectivity index is 2.19. The fourth-order valence-corrected chi connectivity index (χ4v) is 2.35. The molecule has 4 heteroatoms. The molecule has 0 amide bonds. The first-order valence-corrected chi connectivity index (χ1v) is 5.62. The molecule has 1 aromatic rings. The van der Waals surface area contributed by atoms with Crippen molar-refractivity contribution >= 4 is 5.95 Å². The molecule has 84 valence electrons. The van der Waals surface area contributed by atoms with E-state index in [0.29, 0.717) is 6.04 Å². The van der Waals surface area contributed by atoms with Crippen LogP contribution >= 0.6 is 0 Å². The molecular formula is C11H20N4. The van der Waals surface area contributed by atoms with E-state index in [1.54, 1.807) is 0 Å². The van der Waals surface area contributed by atoms with Crippen LogP contribution in [0.4, 0.5) is 5.95 Å². The number of rotatable bonds is 2. The highest BCUT2D eigenvalue weighted by atomic mass is 15.2. The van der Waals surface area contributed by atoms with Gasteiger partial charge in [0.2, 0.25) is 5.95 Å². The average Bonchev–Trinajstić information content (AvgIpc) is 2.59. The normalized spacial score (nSPS) is 23.0. The van der Waals surface area contributed by atoms with Crippen LogP contribution in [0.2, 0.25) is 0 Å². The van der Waals surface area contributed by atoms with Crippen LogP contribution in [0.3, 0.4) is 0 Å². The number of aromatic nitrogens is 2. The van der Waals surface area contributed by atoms with Crippen LogP contribution in [0.15, 0.2) is 6.20 Å². The lowest BCUT2D eigenvalue weighted by molar-refractivity contribution is 0.213. The van der Waals surface area contributed by atoms with Crippen molar-refractivity contribution in [1.29, 1.82) is 0 Å². The number of nitrogens with one attached hydrogen (secondary N) is 1. The average molecular weight is 208 g/mol. The topological polar surface area (TPSA) is 33.1 Å². The summed E-state index contributed by atoms with van der Waals surface area (Å²) in [5.41, 5.74) is 1.09. The Morgan fingerprint density at radius 1 is 1.53 bits per heavy atom. The number of nitrogens with zero attached hydrogens (tertiary/aromatic N) is 3. The van der Waals surface area contributed by atoms with Crippen molar-refractivity contribution in [2.24, 2.45) is 0 Å². The van der Waals surface area contributed by atoms with Crippen LogP contribution < -0.4 is 5.32 Å². The third-order valence-electron chi connectivity index (χ3n) is 3.07. The Morgan fingerprint density at radius 2 is 2.33 bits per heavy atom. The van der Waals surface area contributed by atoms with Gasteiger partial charge in [-0.2, -0.15) is 0 Å². The van der Waals surface area contributed by atoms with E-state index in [0.717, 1.165) is 18.2 Å². The van der Waals surface area contributed by atoms with Gasteiger partial charge in [-0.15, -0.1) is 0 Å². The van der Waals surface area contributed by atoms with E-state index in [9.17, 15) is 0 Å². The summed E-state index contributed by atoms with van der Waals surface area (Å²) in [7, 11) is 4.12. The molecule has 1 unspecified atom stereocenters. The summed E-state index contributed by atoms with van der Waals surface area (Å²) in [4.78, 5) is 6.85. The molecular weight excluding hydrogens is 188 g/mol. The molecule has 2 heterocycles. The van der Waals surface area contributed by atoms with Crippen LogP contribution in [0, 0.1) is 6.92 Å². The fourth-order valence-electron chi connectivity index (χ4n) is 2.35. The molecule has 15 heavy (non-hydrogen) atoms. The number of aryl methyl sites for hydroxylation is 1. The van der Waals surface area contributed by atoms with Crippen LogP contribution in [-0.4, -0.2) is 41.6 Å². The summed E-state index contributed by atoms with van der Waals surface area (Å²) in [5.74, 6) is 0.993. The summed E-state index contributed by atoms with van der Waals surface area (Å²) in [6.45, 7) is 4.40. The van der Waals surface area contributed by atoms with E-state index >= 15 is 0 Å². The summed E-state index contributed by atoms with van der Waals surface area (Å²) in [6, 6.07) is 0.576. The second kappa shape index (κ2) is 4.23. The van der Waals surface area contributed by atoms with Gasteiger partial charge in [-0.1, -0.05) is 0 Å². The van der Waals surface area contributed by atoms with E-state index < -0.39 is 0 Å². The predicted molar refractivity (Wildman–Crippen MR) is 62.3 cm³/mol. The lowest BCUT2D eigenvalue weighted by Gasteiger charge is -2.31. The second-order valence-corrected chi connectivity index (χ2v) is 4.42. The monoisotopic (exact) mass is 208 g/mol. The van der Waals surface area contributed by atoms with Gasteiger partial charge in [-0.25, -0.2) is 4.98 Å². The number of hydrogen-bond acceptors (Lipinski definition) is 3. The maximum Gasteiger partial charge on any atom is 0.203 e. The summed E-state index contributed by atoms with van der Waals surface area (Å²) in [6.07, 6.45) is 4.69. The van der Waals surface area contributed by atoms with E-state index in [2.05, 4.69) is 33.0 Å². The van der Waals surface area contributed by atoms with E-state index in [-0.39, 0.29) is 0 Å². The van der Waals surface area contributed by atoms with Crippen molar-refractivity contribution in [1.82, 2.24) is 14.5 Å². The molecule has 0 radical (unpaired) electrons. The Labute approximate surface area is 91.3 Å². The summed E-state index contributed by atoms with van der Waals surface area (Å²) >= 11 is 0. The minimum Gasteiger partial charge on any atom is -0.359 e. The molecule has 4 nitrogen and oxygen atoms in total. The van der Waals surface area contributed by atoms with Gasteiger partial charge in [0.05, 0.1) is 5.69 Å². The molecule has 0 aliphatic carbocycles. The number of anilines is 1. The van der Waals surface area contributed by atoms with Gasteiger partial charge in [0.1, 0.15) is 0 Å². The van der Waals surface area contributed by atoms with Crippen molar-refractivity contribution in [3.05, 3.63) is 11.9 Å². The zero-order valence-electron chi connectivity index (χ0n) is 9.82. The third-order valence-corrected chi connectivity index (χ3v) is 3.07. The standard InChI is InChI=1S/C11H20N4/c1-9-7-15(11(12-2)13-9)10-5-4-6-14(3)8-10/h7,10H,4-6,8H2,1-3H3,(H,12,13). The summed E-state index contributed by atoms with van der Waals surface area (Å²) < 4.78 is 2.28. The number of likely N-dealkylation sites (N-methyl/N-ethyl adjacent to an activating group) is 1. The summed E-state index contributed by atoms with van der Waals surface area (Å²) in [5, 5.41) is 3.16. The van der Waals surface area contributed by atoms with Crippen molar-refractivity contribution < 1.29 is 0 Å². The van der Waals surface area contributed by atoms with Gasteiger partial charge in [0.25, 0.3) is 0 Å². The Hall–Kier alpha value is -1.03. The SMILES string of the molecule is CNc1nc(C)cn1C1CCCN(C)C1. The maximum absolute atomic E-state index is 4.46. The number of piperidine rings is 1. The smallest absolute Gasteiger partial charge is 0.203 e. The molecule has 0 spiro atoms. The minimum atomic E-state index is 0.576. The molecule has 1 aromatic heterocycles. The Morgan fingerprint density at radius 3 is 3.00 bits per heavy atom. The van der Waals surface area contributed by atoms with Crippen LogP contribution in [-0.2, 0) is 0 Å². The molecule has 0 bridgehead atoms. The number of likely N-dealkylation sites (tertiary alicyclic amines) is 1. The Bertz CT molecular complexity index is 331. The molecule has 0 saturated carbocycles. The molecule has 1 atom stereocenters. The van der Waals surface area contributed by atoms with Gasteiger partial charge in [0.15, 0.2) is 0 Å². The van der Waals surface area contributed by atoms with Crippen molar-refractivity contribution in [3.8, 4) is 0 Å². The minimum absolute atomic E-state index is 0.576. The van der Waals surface area contributed by atoms with Gasteiger partial charge in [-0.3, -0.25) is 0 Å². The first kappa shape index (κ1) is 10.5. The van der Waals surface area contributed by atoms with Gasteiger partial charge < -0.3 is 14.8 Å².